The molecule has 2 fully saturated rings. The van der Waals surface area contributed by atoms with Crippen LogP contribution in [0.15, 0.2) is 0 Å². The van der Waals surface area contributed by atoms with E-state index in [4.69, 9.17) is 4.74 Å². The second-order valence-electron chi connectivity index (χ2n) is 6.53. The minimum Gasteiger partial charge on any atom is -0.381 e. The van der Waals surface area contributed by atoms with Crippen LogP contribution in [0.3, 0.4) is 0 Å². The van der Waals surface area contributed by atoms with Gasteiger partial charge in [0.25, 0.3) is 0 Å². The molecule has 2 heterocycles. The molecule has 2 rings (SSSR count). The first kappa shape index (κ1) is 15.2. The summed E-state index contributed by atoms with van der Waals surface area (Å²) < 4.78 is 5.57. The molecule has 2 aliphatic heterocycles. The number of rotatable bonds is 6. The van der Waals surface area contributed by atoms with Crippen molar-refractivity contribution in [1.29, 1.82) is 0 Å². The summed E-state index contributed by atoms with van der Waals surface area (Å²) in [5.41, 5.74) is 0.440. The third-order valence-corrected chi connectivity index (χ3v) is 4.84. The molecule has 0 spiro atoms. The first-order valence-corrected chi connectivity index (χ1v) is 7.82. The van der Waals surface area contributed by atoms with Gasteiger partial charge in [0, 0.05) is 38.9 Å². The number of ether oxygens (including phenoxy) is 1. The molecule has 0 aromatic carbocycles. The van der Waals surface area contributed by atoms with Crippen LogP contribution in [0.5, 0.6) is 0 Å². The number of nitrogens with one attached hydrogen (secondary N) is 1. The number of hydrogen-bond acceptors (Lipinski definition) is 4. The van der Waals surface area contributed by atoms with E-state index in [1.807, 2.05) is 0 Å². The molecule has 1 atom stereocenters. The summed E-state index contributed by atoms with van der Waals surface area (Å²) in [5.74, 6) is 0. The molecule has 1 N–H and O–H groups in total. The first-order chi connectivity index (χ1) is 9.15. The van der Waals surface area contributed by atoms with Gasteiger partial charge in [-0.2, -0.15) is 0 Å². The van der Waals surface area contributed by atoms with Crippen LogP contribution in [-0.4, -0.2) is 75.9 Å². The second-order valence-corrected chi connectivity index (χ2v) is 6.53. The molecule has 2 saturated heterocycles. The molecule has 112 valence electrons. The van der Waals surface area contributed by atoms with Crippen LogP contribution in [0, 0.1) is 5.41 Å². The van der Waals surface area contributed by atoms with E-state index < -0.39 is 0 Å². The number of likely N-dealkylation sites (tertiary alicyclic amines) is 1. The van der Waals surface area contributed by atoms with Gasteiger partial charge >= 0.3 is 0 Å². The summed E-state index contributed by atoms with van der Waals surface area (Å²) in [6.07, 6.45) is 3.74. The summed E-state index contributed by atoms with van der Waals surface area (Å²) >= 11 is 0. The van der Waals surface area contributed by atoms with E-state index in [0.29, 0.717) is 5.41 Å². The predicted molar refractivity (Wildman–Crippen MR) is 79.6 cm³/mol. The number of likely N-dealkylation sites (N-methyl/N-ethyl adjacent to an activating group) is 1. The zero-order valence-corrected chi connectivity index (χ0v) is 13.0. The van der Waals surface area contributed by atoms with Crippen LogP contribution >= 0.6 is 0 Å². The smallest absolute Gasteiger partial charge is 0.0472 e. The SMILES string of the molecule is CCNCC1(CN2CCC(N(C)C)C2)CCOCC1. The monoisotopic (exact) mass is 269 g/mol. The fourth-order valence-corrected chi connectivity index (χ4v) is 3.44. The van der Waals surface area contributed by atoms with Gasteiger partial charge in [0.2, 0.25) is 0 Å². The molecule has 4 nitrogen and oxygen atoms in total. The maximum absolute atomic E-state index is 5.57. The Labute approximate surface area is 118 Å². The van der Waals surface area contributed by atoms with Gasteiger partial charge in [0.1, 0.15) is 0 Å². The van der Waals surface area contributed by atoms with Crippen molar-refractivity contribution in [2.24, 2.45) is 5.41 Å². The van der Waals surface area contributed by atoms with E-state index in [-0.39, 0.29) is 0 Å². The molecule has 2 aliphatic rings. The Morgan fingerprint density at radius 1 is 1.32 bits per heavy atom. The maximum Gasteiger partial charge on any atom is 0.0472 e. The van der Waals surface area contributed by atoms with Crippen molar-refractivity contribution >= 4 is 0 Å². The molecule has 0 saturated carbocycles. The van der Waals surface area contributed by atoms with E-state index in [1.54, 1.807) is 0 Å². The zero-order valence-electron chi connectivity index (χ0n) is 13.0. The standard InChI is InChI=1S/C15H31N3O/c1-4-16-12-15(6-9-19-10-7-15)13-18-8-5-14(11-18)17(2)3/h14,16H,4-13H2,1-3H3. The Morgan fingerprint density at radius 3 is 2.63 bits per heavy atom. The minimum atomic E-state index is 0.440. The van der Waals surface area contributed by atoms with E-state index >= 15 is 0 Å². The molecular weight excluding hydrogens is 238 g/mol. The van der Waals surface area contributed by atoms with Crippen molar-refractivity contribution in [1.82, 2.24) is 15.1 Å². The van der Waals surface area contributed by atoms with Crippen LogP contribution < -0.4 is 5.32 Å². The first-order valence-electron chi connectivity index (χ1n) is 7.82. The molecule has 0 radical (unpaired) electrons. The van der Waals surface area contributed by atoms with Crippen LogP contribution in [0.1, 0.15) is 26.2 Å². The Bertz CT molecular complexity index is 264. The highest BCUT2D eigenvalue weighted by molar-refractivity contribution is 4.90. The lowest BCUT2D eigenvalue weighted by molar-refractivity contribution is -0.00141. The summed E-state index contributed by atoms with van der Waals surface area (Å²) in [4.78, 5) is 5.05. The van der Waals surface area contributed by atoms with Crippen molar-refractivity contribution < 1.29 is 4.74 Å². The molecule has 0 aromatic rings. The number of nitrogens with zero attached hydrogens (tertiary/aromatic N) is 2. The van der Waals surface area contributed by atoms with Crippen molar-refractivity contribution in [2.45, 2.75) is 32.2 Å². The average molecular weight is 269 g/mol. The molecule has 0 bridgehead atoms. The van der Waals surface area contributed by atoms with E-state index in [2.05, 4.69) is 36.1 Å². The van der Waals surface area contributed by atoms with Crippen molar-refractivity contribution in [3.05, 3.63) is 0 Å². The van der Waals surface area contributed by atoms with E-state index in [1.165, 1.54) is 38.9 Å². The molecular formula is C15H31N3O. The normalized spacial score (nSPS) is 28.1. The van der Waals surface area contributed by atoms with Gasteiger partial charge in [-0.1, -0.05) is 6.92 Å². The Kier molecular flexibility index (Phi) is 5.63. The van der Waals surface area contributed by atoms with Crippen molar-refractivity contribution in [2.75, 3.05) is 60.0 Å². The van der Waals surface area contributed by atoms with Gasteiger partial charge in [-0.15, -0.1) is 0 Å². The molecule has 19 heavy (non-hydrogen) atoms. The predicted octanol–water partition coefficient (Wildman–Crippen LogP) is 1.03. The van der Waals surface area contributed by atoms with Gasteiger partial charge in [-0.05, 0) is 51.9 Å². The van der Waals surface area contributed by atoms with Crippen LogP contribution in [0.25, 0.3) is 0 Å². The average Bonchev–Trinajstić information content (AvgIpc) is 2.86. The fourth-order valence-electron chi connectivity index (χ4n) is 3.44. The highest BCUT2D eigenvalue weighted by atomic mass is 16.5. The molecule has 0 amide bonds. The summed E-state index contributed by atoms with van der Waals surface area (Å²) in [6.45, 7) is 10.0. The molecule has 0 aliphatic carbocycles. The maximum atomic E-state index is 5.57. The van der Waals surface area contributed by atoms with Crippen LogP contribution in [0.2, 0.25) is 0 Å². The lowest BCUT2D eigenvalue weighted by atomic mass is 9.79. The van der Waals surface area contributed by atoms with Crippen LogP contribution in [0.4, 0.5) is 0 Å². The van der Waals surface area contributed by atoms with Gasteiger partial charge in [-0.25, -0.2) is 0 Å². The highest BCUT2D eigenvalue weighted by Gasteiger charge is 2.36. The topological polar surface area (TPSA) is 27.7 Å². The minimum absolute atomic E-state index is 0.440. The molecule has 0 aromatic heterocycles. The van der Waals surface area contributed by atoms with Gasteiger partial charge in [0.15, 0.2) is 0 Å². The van der Waals surface area contributed by atoms with Gasteiger partial charge in [-0.3, -0.25) is 0 Å². The Balaban J connectivity index is 1.89. The summed E-state index contributed by atoms with van der Waals surface area (Å²) in [7, 11) is 4.41. The third kappa shape index (κ3) is 4.15. The Hall–Kier alpha value is -0.160. The van der Waals surface area contributed by atoms with Gasteiger partial charge < -0.3 is 19.9 Å². The third-order valence-electron chi connectivity index (χ3n) is 4.84. The largest absolute Gasteiger partial charge is 0.381 e. The Morgan fingerprint density at radius 2 is 2.05 bits per heavy atom. The second kappa shape index (κ2) is 7.02. The van der Waals surface area contributed by atoms with Crippen molar-refractivity contribution in [3.63, 3.8) is 0 Å². The number of hydrogen-bond donors (Lipinski definition) is 1. The molecule has 1 unspecified atom stereocenters. The summed E-state index contributed by atoms with van der Waals surface area (Å²) in [6, 6.07) is 0.746. The highest BCUT2D eigenvalue weighted by Crippen LogP contribution is 2.32. The molecule has 4 heteroatoms. The van der Waals surface area contributed by atoms with Crippen molar-refractivity contribution in [3.8, 4) is 0 Å². The summed E-state index contributed by atoms with van der Waals surface area (Å²) in [5, 5.41) is 3.57. The zero-order chi connectivity index (χ0) is 13.7. The van der Waals surface area contributed by atoms with Crippen LogP contribution in [-0.2, 0) is 4.74 Å². The van der Waals surface area contributed by atoms with Gasteiger partial charge in [0.05, 0.1) is 0 Å². The van der Waals surface area contributed by atoms with E-state index in [9.17, 15) is 0 Å². The van der Waals surface area contributed by atoms with E-state index in [0.717, 1.165) is 32.3 Å². The lowest BCUT2D eigenvalue weighted by Gasteiger charge is -2.40. The fraction of sp³-hybridized carbons (Fsp3) is 1.00. The quantitative estimate of drug-likeness (QED) is 0.779. The lowest BCUT2D eigenvalue weighted by Crippen LogP contribution is -2.47.